The van der Waals surface area contributed by atoms with Crippen molar-refractivity contribution in [3.05, 3.63) is 29.8 Å². The summed E-state index contributed by atoms with van der Waals surface area (Å²) >= 11 is 1.61. The maximum Gasteiger partial charge on any atom is 0.101 e. The highest BCUT2D eigenvalue weighted by atomic mass is 32.2. The second-order valence-electron chi connectivity index (χ2n) is 2.45. The molecule has 0 spiro atoms. The van der Waals surface area contributed by atoms with E-state index in [2.05, 4.69) is 5.16 Å². The number of hydrogen-bond acceptors (Lipinski definition) is 4. The Morgan fingerprint density at radius 2 is 2.23 bits per heavy atom. The van der Waals surface area contributed by atoms with Crippen molar-refractivity contribution in [2.45, 2.75) is 4.90 Å². The zero-order chi connectivity index (χ0) is 9.68. The zero-order valence-corrected chi connectivity index (χ0v) is 8.21. The molecule has 0 aliphatic carbocycles. The Morgan fingerprint density at radius 3 is 2.77 bits per heavy atom. The van der Waals surface area contributed by atoms with E-state index in [1.165, 1.54) is 0 Å². The third-order valence-electron chi connectivity index (χ3n) is 1.73. The van der Waals surface area contributed by atoms with E-state index in [1.54, 1.807) is 11.8 Å². The van der Waals surface area contributed by atoms with Crippen LogP contribution >= 0.6 is 11.8 Å². The van der Waals surface area contributed by atoms with Gasteiger partial charge in [0.2, 0.25) is 0 Å². The van der Waals surface area contributed by atoms with E-state index in [9.17, 15) is 0 Å². The summed E-state index contributed by atoms with van der Waals surface area (Å²) in [5.74, 6) is 0. The topological polar surface area (TPSA) is 58.6 Å². The van der Waals surface area contributed by atoms with Gasteiger partial charge in [-0.2, -0.15) is 0 Å². The quantitative estimate of drug-likeness (QED) is 0.334. The normalized spacial score (nSPS) is 11.7. The lowest BCUT2D eigenvalue weighted by atomic mass is 10.1. The van der Waals surface area contributed by atoms with Crippen LogP contribution in [0.5, 0.6) is 0 Å². The van der Waals surface area contributed by atoms with Crippen LogP contribution in [0.1, 0.15) is 5.56 Å². The first-order valence-electron chi connectivity index (χ1n) is 3.88. The molecule has 3 nitrogen and oxygen atoms in total. The summed E-state index contributed by atoms with van der Waals surface area (Å²) in [6.45, 7) is 0.244. The van der Waals surface area contributed by atoms with E-state index in [0.29, 0.717) is 5.71 Å². The summed E-state index contributed by atoms with van der Waals surface area (Å²) < 4.78 is 0. The van der Waals surface area contributed by atoms with Gasteiger partial charge in [0.1, 0.15) is 5.71 Å². The maximum atomic E-state index is 8.70. The maximum absolute atomic E-state index is 8.70. The van der Waals surface area contributed by atoms with Crippen molar-refractivity contribution in [3.8, 4) is 0 Å². The minimum absolute atomic E-state index is 0.244. The van der Waals surface area contributed by atoms with Crippen molar-refractivity contribution in [2.75, 3.05) is 12.8 Å². The van der Waals surface area contributed by atoms with Gasteiger partial charge in [-0.15, -0.1) is 11.8 Å². The fraction of sp³-hybridized carbons (Fsp3) is 0.222. The van der Waals surface area contributed by atoms with Crippen molar-refractivity contribution < 1.29 is 5.21 Å². The monoisotopic (exact) mass is 196 g/mol. The van der Waals surface area contributed by atoms with Crippen LogP contribution in [-0.4, -0.2) is 23.7 Å². The van der Waals surface area contributed by atoms with Crippen molar-refractivity contribution in [3.63, 3.8) is 0 Å². The minimum atomic E-state index is 0.244. The molecule has 1 aromatic rings. The summed E-state index contributed by atoms with van der Waals surface area (Å²) in [5.41, 5.74) is 6.86. The second kappa shape index (κ2) is 4.89. The summed E-state index contributed by atoms with van der Waals surface area (Å²) in [7, 11) is 0. The molecule has 0 saturated carbocycles. The smallest absolute Gasteiger partial charge is 0.101 e. The number of hydrogen-bond donors (Lipinski definition) is 2. The van der Waals surface area contributed by atoms with Gasteiger partial charge < -0.3 is 10.9 Å². The van der Waals surface area contributed by atoms with Crippen LogP contribution in [0.4, 0.5) is 0 Å². The van der Waals surface area contributed by atoms with Gasteiger partial charge >= 0.3 is 0 Å². The van der Waals surface area contributed by atoms with Gasteiger partial charge in [-0.25, -0.2) is 0 Å². The molecule has 70 valence electrons. The Hall–Kier alpha value is -1.00. The molecule has 0 unspecified atom stereocenters. The molecule has 0 aromatic heterocycles. The Balaban J connectivity index is 3.12. The van der Waals surface area contributed by atoms with Crippen molar-refractivity contribution >= 4 is 17.5 Å². The van der Waals surface area contributed by atoms with Crippen LogP contribution < -0.4 is 5.73 Å². The molecular formula is C9H12N2OS. The molecule has 3 N–H and O–H groups in total. The van der Waals surface area contributed by atoms with E-state index in [-0.39, 0.29) is 6.54 Å². The predicted octanol–water partition coefficient (Wildman–Crippen LogP) is 1.55. The number of nitrogens with two attached hydrogens (primary N) is 1. The number of nitrogens with zero attached hydrogens (tertiary/aromatic N) is 1. The van der Waals surface area contributed by atoms with Gasteiger partial charge in [-0.05, 0) is 12.3 Å². The van der Waals surface area contributed by atoms with Crippen molar-refractivity contribution in [1.82, 2.24) is 0 Å². The van der Waals surface area contributed by atoms with Crippen LogP contribution in [0.3, 0.4) is 0 Å². The molecule has 1 rings (SSSR count). The summed E-state index contributed by atoms with van der Waals surface area (Å²) in [5, 5.41) is 11.9. The van der Waals surface area contributed by atoms with Crippen LogP contribution in [0.2, 0.25) is 0 Å². The zero-order valence-electron chi connectivity index (χ0n) is 7.40. The van der Waals surface area contributed by atoms with Gasteiger partial charge in [0.25, 0.3) is 0 Å². The molecule has 0 amide bonds. The molecular weight excluding hydrogens is 184 g/mol. The third-order valence-corrected chi connectivity index (χ3v) is 2.53. The fourth-order valence-corrected chi connectivity index (χ4v) is 1.71. The molecule has 0 bridgehead atoms. The molecule has 0 heterocycles. The predicted molar refractivity (Wildman–Crippen MR) is 55.6 cm³/mol. The molecule has 0 saturated heterocycles. The second-order valence-corrected chi connectivity index (χ2v) is 3.30. The Labute approximate surface area is 81.6 Å². The highest BCUT2D eigenvalue weighted by molar-refractivity contribution is 7.98. The molecule has 0 aliphatic rings. The van der Waals surface area contributed by atoms with Gasteiger partial charge in [0, 0.05) is 17.0 Å². The van der Waals surface area contributed by atoms with E-state index >= 15 is 0 Å². The Morgan fingerprint density at radius 1 is 1.54 bits per heavy atom. The summed E-state index contributed by atoms with van der Waals surface area (Å²) in [4.78, 5) is 1.07. The lowest BCUT2D eigenvalue weighted by Crippen LogP contribution is -2.15. The van der Waals surface area contributed by atoms with Crippen molar-refractivity contribution in [1.29, 1.82) is 0 Å². The van der Waals surface area contributed by atoms with E-state index in [4.69, 9.17) is 10.9 Å². The average molecular weight is 196 g/mol. The fourth-order valence-electron chi connectivity index (χ4n) is 1.09. The Kier molecular flexibility index (Phi) is 3.79. The summed E-state index contributed by atoms with van der Waals surface area (Å²) in [6, 6.07) is 7.71. The lowest BCUT2D eigenvalue weighted by molar-refractivity contribution is 0.318. The molecule has 0 atom stereocenters. The molecule has 4 heteroatoms. The van der Waals surface area contributed by atoms with Gasteiger partial charge in [0.05, 0.1) is 0 Å². The van der Waals surface area contributed by atoms with Crippen LogP contribution in [0.15, 0.2) is 34.3 Å². The molecule has 1 aromatic carbocycles. The van der Waals surface area contributed by atoms with Crippen LogP contribution in [-0.2, 0) is 0 Å². The van der Waals surface area contributed by atoms with Gasteiger partial charge in [-0.1, -0.05) is 23.4 Å². The van der Waals surface area contributed by atoms with Crippen LogP contribution in [0.25, 0.3) is 0 Å². The highest BCUT2D eigenvalue weighted by Crippen LogP contribution is 2.20. The van der Waals surface area contributed by atoms with E-state index < -0.39 is 0 Å². The number of benzene rings is 1. The first-order valence-corrected chi connectivity index (χ1v) is 5.10. The largest absolute Gasteiger partial charge is 0.411 e. The van der Waals surface area contributed by atoms with Crippen LogP contribution in [0, 0.1) is 0 Å². The number of oxime groups is 1. The number of rotatable bonds is 3. The minimum Gasteiger partial charge on any atom is -0.411 e. The Bertz CT molecular complexity index is 312. The first kappa shape index (κ1) is 10.1. The van der Waals surface area contributed by atoms with Gasteiger partial charge in [0.15, 0.2) is 0 Å². The summed E-state index contributed by atoms with van der Waals surface area (Å²) in [6.07, 6.45) is 1.98. The lowest BCUT2D eigenvalue weighted by Gasteiger charge is -2.06. The number of thioether (sulfide) groups is 1. The van der Waals surface area contributed by atoms with Gasteiger partial charge in [-0.3, -0.25) is 0 Å². The SMILES string of the molecule is CSc1ccccc1/C(CN)=N/O. The molecule has 0 fully saturated rings. The highest BCUT2D eigenvalue weighted by Gasteiger charge is 2.06. The molecule has 0 aliphatic heterocycles. The third kappa shape index (κ3) is 2.23. The first-order chi connectivity index (χ1) is 6.33. The van der Waals surface area contributed by atoms with E-state index in [0.717, 1.165) is 10.5 Å². The standard InChI is InChI=1S/C9H12N2OS/c1-13-9-5-3-2-4-7(9)8(6-10)11-12/h2-5,12H,6,10H2,1H3/b11-8+. The molecule has 0 radical (unpaired) electrons. The van der Waals surface area contributed by atoms with E-state index in [1.807, 2.05) is 30.5 Å². The average Bonchev–Trinajstić information content (AvgIpc) is 2.20. The van der Waals surface area contributed by atoms with Crippen molar-refractivity contribution in [2.24, 2.45) is 10.9 Å². The molecule has 13 heavy (non-hydrogen) atoms.